The molecule has 4 aromatic rings. The molecular weight excluding hydrogens is 653 g/mol. The summed E-state index contributed by atoms with van der Waals surface area (Å²) in [5.41, 5.74) is 2.88. The molecule has 1 unspecified atom stereocenters. The van der Waals surface area contributed by atoms with Gasteiger partial charge in [-0.25, -0.2) is 9.59 Å². The number of para-hydroxylation sites is 3. The number of imidazole rings is 1. The summed E-state index contributed by atoms with van der Waals surface area (Å²) in [5.74, 6) is -0.740. The Morgan fingerprint density at radius 3 is 2.40 bits per heavy atom. The number of aromatic amines is 2. The Morgan fingerprint density at radius 1 is 1.02 bits per heavy atom. The van der Waals surface area contributed by atoms with Gasteiger partial charge in [0.15, 0.2) is 5.11 Å². The van der Waals surface area contributed by atoms with Gasteiger partial charge < -0.3 is 41.2 Å². The molecule has 4 atom stereocenters. The van der Waals surface area contributed by atoms with Gasteiger partial charge >= 0.3 is 11.7 Å². The van der Waals surface area contributed by atoms with Crippen molar-refractivity contribution in [1.29, 1.82) is 0 Å². The van der Waals surface area contributed by atoms with Crippen molar-refractivity contribution < 1.29 is 14.7 Å². The highest BCUT2D eigenvalue weighted by Crippen LogP contribution is 2.30. The number of hydrogen-bond acceptors (Lipinski definition) is 5. The van der Waals surface area contributed by atoms with E-state index in [9.17, 15) is 19.5 Å². The first-order chi connectivity index (χ1) is 23.9. The second kappa shape index (κ2) is 16.1. The van der Waals surface area contributed by atoms with E-state index in [1.807, 2.05) is 82.4 Å². The minimum Gasteiger partial charge on any atom is -0.390 e. The molecular formula is C37H52N8O4S. The minimum atomic E-state index is -0.917. The maximum Gasteiger partial charge on any atom is 0.326 e. The van der Waals surface area contributed by atoms with Crippen LogP contribution in [0, 0.1) is 5.41 Å². The Labute approximate surface area is 298 Å². The third-order valence-electron chi connectivity index (χ3n) is 9.96. The average Bonchev–Trinajstić information content (AvgIpc) is 3.69. The van der Waals surface area contributed by atoms with Crippen molar-refractivity contribution in [2.45, 2.75) is 89.9 Å². The molecule has 1 aliphatic rings. The van der Waals surface area contributed by atoms with Crippen molar-refractivity contribution in [2.75, 3.05) is 26.7 Å². The van der Waals surface area contributed by atoms with Crippen molar-refractivity contribution in [3.05, 3.63) is 70.8 Å². The lowest BCUT2D eigenvalue weighted by atomic mass is 9.82. The number of urea groups is 1. The molecule has 50 heavy (non-hydrogen) atoms. The van der Waals surface area contributed by atoms with E-state index < -0.39 is 29.5 Å². The quantitative estimate of drug-likeness (QED) is 0.0846. The van der Waals surface area contributed by atoms with Crippen LogP contribution in [0.15, 0.2) is 59.5 Å². The van der Waals surface area contributed by atoms with Gasteiger partial charge in [-0.1, -0.05) is 58.0 Å². The first kappa shape index (κ1) is 36.9. The Balaban J connectivity index is 1.32. The number of aliphatic hydroxyl groups excluding tert-OH is 1. The summed E-state index contributed by atoms with van der Waals surface area (Å²) < 4.78 is 1.80. The van der Waals surface area contributed by atoms with E-state index in [1.165, 1.54) is 0 Å². The Hall–Kier alpha value is -4.36. The number of carbonyl (C=O) groups is 2. The number of carbonyl (C=O) groups excluding carboxylic acids is 2. The summed E-state index contributed by atoms with van der Waals surface area (Å²) in [6, 6.07) is 13.7. The number of piperidine rings is 1. The van der Waals surface area contributed by atoms with Gasteiger partial charge in [0.25, 0.3) is 0 Å². The number of unbranched alkanes of at least 4 members (excludes halogenated alkanes) is 1. The smallest absolute Gasteiger partial charge is 0.326 e. The molecule has 0 bridgehead atoms. The summed E-state index contributed by atoms with van der Waals surface area (Å²) in [6.45, 7) is 9.35. The average molecular weight is 705 g/mol. The molecule has 0 aliphatic carbocycles. The lowest BCUT2D eigenvalue weighted by Crippen LogP contribution is -2.58. The van der Waals surface area contributed by atoms with Crippen LogP contribution in [0.4, 0.5) is 4.79 Å². The molecule has 0 saturated carbocycles. The molecule has 2 aromatic carbocycles. The summed E-state index contributed by atoms with van der Waals surface area (Å²) >= 11 is 5.17. The number of benzene rings is 2. The fourth-order valence-electron chi connectivity index (χ4n) is 7.02. The van der Waals surface area contributed by atoms with Gasteiger partial charge in [-0.2, -0.15) is 0 Å². The maximum atomic E-state index is 14.3. The highest BCUT2D eigenvalue weighted by molar-refractivity contribution is 7.80. The van der Waals surface area contributed by atoms with Crippen LogP contribution in [0.3, 0.4) is 0 Å². The van der Waals surface area contributed by atoms with Crippen LogP contribution in [0.2, 0.25) is 0 Å². The Morgan fingerprint density at radius 2 is 1.70 bits per heavy atom. The SMILES string of the molecule is CNC(=S)NCCCCC(NC(=O)[C@H](NC(=O)N1CCC(n2c(=O)[nH]c3ccccc32)CC1)[C@@H](C)c1c[nH]c2ccccc12)[C@H](O)C(C)(C)C. The molecule has 270 valence electrons. The first-order valence-corrected chi connectivity index (χ1v) is 18.0. The third-order valence-corrected chi connectivity index (χ3v) is 10.3. The maximum absolute atomic E-state index is 14.3. The van der Waals surface area contributed by atoms with E-state index >= 15 is 0 Å². The number of aliphatic hydroxyl groups is 1. The van der Waals surface area contributed by atoms with E-state index in [2.05, 4.69) is 31.2 Å². The van der Waals surface area contributed by atoms with Crippen molar-refractivity contribution in [3.8, 4) is 0 Å². The monoisotopic (exact) mass is 704 g/mol. The molecule has 12 nitrogen and oxygen atoms in total. The summed E-state index contributed by atoms with van der Waals surface area (Å²) in [6.07, 6.45) is 4.41. The Bertz CT molecular complexity index is 1830. The minimum absolute atomic E-state index is 0.0457. The van der Waals surface area contributed by atoms with Crippen LogP contribution >= 0.6 is 12.2 Å². The van der Waals surface area contributed by atoms with Crippen molar-refractivity contribution in [1.82, 2.24) is 40.7 Å². The van der Waals surface area contributed by atoms with Crippen LogP contribution in [0.5, 0.6) is 0 Å². The fourth-order valence-corrected chi connectivity index (χ4v) is 7.12. The summed E-state index contributed by atoms with van der Waals surface area (Å²) in [5, 5.41) is 25.2. The summed E-state index contributed by atoms with van der Waals surface area (Å²) in [7, 11) is 1.77. The number of H-pyrrole nitrogens is 2. The molecule has 3 heterocycles. The molecule has 13 heteroatoms. The zero-order chi connectivity index (χ0) is 36.0. The van der Waals surface area contributed by atoms with E-state index in [1.54, 1.807) is 16.5 Å². The molecule has 0 spiro atoms. The van der Waals surface area contributed by atoms with Gasteiger partial charge in [0.05, 0.1) is 23.2 Å². The van der Waals surface area contributed by atoms with Gasteiger partial charge in [-0.3, -0.25) is 9.36 Å². The molecule has 1 saturated heterocycles. The predicted octanol–water partition coefficient (Wildman–Crippen LogP) is 4.49. The first-order valence-electron chi connectivity index (χ1n) is 17.6. The highest BCUT2D eigenvalue weighted by Gasteiger charge is 2.37. The van der Waals surface area contributed by atoms with Crippen LogP contribution in [-0.2, 0) is 4.79 Å². The van der Waals surface area contributed by atoms with Crippen LogP contribution in [0.25, 0.3) is 21.9 Å². The largest absolute Gasteiger partial charge is 0.390 e. The second-order valence-corrected chi connectivity index (χ2v) is 14.9. The lowest BCUT2D eigenvalue weighted by molar-refractivity contribution is -0.125. The number of fused-ring (bicyclic) bond motifs is 2. The van der Waals surface area contributed by atoms with Crippen molar-refractivity contribution >= 4 is 51.2 Å². The zero-order valence-corrected chi connectivity index (χ0v) is 30.5. The summed E-state index contributed by atoms with van der Waals surface area (Å²) in [4.78, 5) is 49.0. The number of amides is 3. The lowest BCUT2D eigenvalue weighted by Gasteiger charge is -2.36. The predicted molar refractivity (Wildman–Crippen MR) is 202 cm³/mol. The van der Waals surface area contributed by atoms with Crippen molar-refractivity contribution in [2.24, 2.45) is 5.41 Å². The number of rotatable bonds is 12. The molecule has 1 fully saturated rings. The molecule has 3 amide bonds. The zero-order valence-electron chi connectivity index (χ0n) is 29.7. The van der Waals surface area contributed by atoms with Crippen LogP contribution < -0.4 is 27.0 Å². The van der Waals surface area contributed by atoms with Gasteiger partial charge in [-0.05, 0) is 73.5 Å². The molecule has 7 N–H and O–H groups in total. The number of aromatic nitrogens is 3. The van der Waals surface area contributed by atoms with E-state index in [0.29, 0.717) is 44.0 Å². The number of hydrogen-bond donors (Lipinski definition) is 7. The standard InChI is InChI=1S/C37H52N8O4S/c1-23(26-22-40-27-13-7-6-12-25(26)27)31(33(47)41-29(32(46)37(2,3)4)15-10-11-19-39-34(50)38-5)43-35(48)44-20-17-24(18-21-44)45-30-16-9-8-14-28(30)42-36(45)49/h6-9,12-14,16,22-24,29,31-32,40,46H,10-11,15,17-21H2,1-5H3,(H,41,47)(H,42,49)(H,43,48)(H2,38,39,50)/t23-,29?,31+,32-/m0/s1. The van der Waals surface area contributed by atoms with Crippen LogP contribution in [0.1, 0.15) is 77.3 Å². The van der Waals surface area contributed by atoms with Crippen LogP contribution in [-0.4, -0.2) is 86.5 Å². The molecule has 0 radical (unpaired) electrons. The fraction of sp³-hybridized carbons (Fsp3) is 0.514. The van der Waals surface area contributed by atoms with Gasteiger partial charge in [-0.15, -0.1) is 0 Å². The van der Waals surface area contributed by atoms with Gasteiger partial charge in [0.2, 0.25) is 5.91 Å². The second-order valence-electron chi connectivity index (χ2n) is 14.5. The molecule has 5 rings (SSSR count). The molecule has 1 aliphatic heterocycles. The number of nitrogens with one attached hydrogen (secondary N) is 6. The Kier molecular flexibility index (Phi) is 11.9. The number of nitrogens with zero attached hydrogens (tertiary/aromatic N) is 2. The van der Waals surface area contributed by atoms with Gasteiger partial charge in [0.1, 0.15) is 6.04 Å². The van der Waals surface area contributed by atoms with E-state index in [0.717, 1.165) is 40.3 Å². The van der Waals surface area contributed by atoms with E-state index in [-0.39, 0.29) is 23.7 Å². The van der Waals surface area contributed by atoms with Gasteiger partial charge in [0, 0.05) is 55.7 Å². The normalized spacial score (nSPS) is 16.5. The number of likely N-dealkylation sites (tertiary alicyclic amines) is 1. The topological polar surface area (TPSA) is 159 Å². The molecule has 2 aromatic heterocycles. The van der Waals surface area contributed by atoms with E-state index in [4.69, 9.17) is 12.2 Å². The van der Waals surface area contributed by atoms with Crippen molar-refractivity contribution in [3.63, 3.8) is 0 Å². The highest BCUT2D eigenvalue weighted by atomic mass is 32.1. The third kappa shape index (κ3) is 8.50. The number of thiocarbonyl (C=S) groups is 1.